The van der Waals surface area contributed by atoms with Crippen LogP contribution in [0.15, 0.2) is 36.4 Å². The number of hydrogen-bond donors (Lipinski definition) is 0. The molecule has 8 heteroatoms. The molecule has 0 fully saturated rings. The number of halogens is 1. The Labute approximate surface area is 150 Å². The third-order valence-corrected chi connectivity index (χ3v) is 4.06. The van der Waals surface area contributed by atoms with E-state index in [1.807, 2.05) is 20.8 Å². The number of rotatable bonds is 4. The van der Waals surface area contributed by atoms with Crippen LogP contribution in [0.3, 0.4) is 0 Å². The first-order chi connectivity index (χ1) is 11.5. The Hall–Kier alpha value is -2.67. The molecule has 2 aromatic rings. The van der Waals surface area contributed by atoms with E-state index in [1.54, 1.807) is 36.2 Å². The summed E-state index contributed by atoms with van der Waals surface area (Å²) in [6.07, 6.45) is 0. The molecule has 0 heterocycles. The molecule has 0 saturated carbocycles. The third-order valence-electron chi connectivity index (χ3n) is 3.82. The van der Waals surface area contributed by atoms with Crippen molar-refractivity contribution in [3.8, 4) is 0 Å². The maximum absolute atomic E-state index is 11.6. The molecule has 0 atom stereocenters. The standard InChI is InChI=1S/C17H18ClN3O4/c1-17(2,3)14-9-13(20(22)23)10-15(21(24)25)16(14)19(4)12-7-5-6-11(18)8-12/h5-10H,1-4H3. The van der Waals surface area contributed by atoms with Gasteiger partial charge in [-0.05, 0) is 29.2 Å². The van der Waals surface area contributed by atoms with Crippen molar-refractivity contribution in [3.05, 3.63) is 67.2 Å². The molecule has 7 nitrogen and oxygen atoms in total. The monoisotopic (exact) mass is 363 g/mol. The van der Waals surface area contributed by atoms with Gasteiger partial charge in [-0.1, -0.05) is 38.4 Å². The Kier molecular flexibility index (Phi) is 4.99. The van der Waals surface area contributed by atoms with E-state index in [4.69, 9.17) is 11.6 Å². The number of nitrogens with zero attached hydrogens (tertiary/aromatic N) is 3. The lowest BCUT2D eigenvalue weighted by Crippen LogP contribution is -2.21. The molecule has 2 aromatic carbocycles. The molecule has 0 aliphatic carbocycles. The summed E-state index contributed by atoms with van der Waals surface area (Å²) in [4.78, 5) is 23.2. The highest BCUT2D eigenvalue weighted by atomic mass is 35.5. The van der Waals surface area contributed by atoms with Gasteiger partial charge in [0.05, 0.1) is 15.9 Å². The molecular weight excluding hydrogens is 346 g/mol. The van der Waals surface area contributed by atoms with Gasteiger partial charge in [0.15, 0.2) is 0 Å². The van der Waals surface area contributed by atoms with Gasteiger partial charge in [0.1, 0.15) is 5.69 Å². The first kappa shape index (κ1) is 18.7. The molecule has 0 saturated heterocycles. The summed E-state index contributed by atoms with van der Waals surface area (Å²) in [5.74, 6) is 0. The van der Waals surface area contributed by atoms with Gasteiger partial charge in [-0.3, -0.25) is 20.2 Å². The Balaban J connectivity index is 2.81. The zero-order valence-corrected chi connectivity index (χ0v) is 15.1. The summed E-state index contributed by atoms with van der Waals surface area (Å²) in [6.45, 7) is 5.56. The first-order valence-corrected chi connectivity index (χ1v) is 7.86. The Morgan fingerprint density at radius 2 is 1.68 bits per heavy atom. The van der Waals surface area contributed by atoms with Crippen LogP contribution in [0.1, 0.15) is 26.3 Å². The molecule has 0 unspecified atom stereocenters. The fourth-order valence-corrected chi connectivity index (χ4v) is 2.77. The SMILES string of the molecule is CN(c1cccc(Cl)c1)c1c([N+](=O)[O-])cc([N+](=O)[O-])cc1C(C)(C)C. The van der Waals surface area contributed by atoms with E-state index in [2.05, 4.69) is 0 Å². The van der Waals surface area contributed by atoms with Gasteiger partial charge < -0.3 is 4.90 Å². The van der Waals surface area contributed by atoms with Crippen LogP contribution >= 0.6 is 11.6 Å². The predicted molar refractivity (Wildman–Crippen MR) is 98.0 cm³/mol. The molecule has 0 aromatic heterocycles. The van der Waals surface area contributed by atoms with Gasteiger partial charge in [-0.2, -0.15) is 0 Å². The van der Waals surface area contributed by atoms with E-state index in [1.165, 1.54) is 6.07 Å². The van der Waals surface area contributed by atoms with Crippen molar-refractivity contribution in [2.45, 2.75) is 26.2 Å². The summed E-state index contributed by atoms with van der Waals surface area (Å²) in [7, 11) is 1.68. The van der Waals surface area contributed by atoms with Crippen molar-refractivity contribution in [1.82, 2.24) is 0 Å². The Bertz CT molecular complexity index is 846. The lowest BCUT2D eigenvalue weighted by atomic mass is 9.84. The van der Waals surface area contributed by atoms with Crippen LogP contribution < -0.4 is 4.90 Å². The molecule has 0 bridgehead atoms. The van der Waals surface area contributed by atoms with Crippen molar-refractivity contribution < 1.29 is 9.85 Å². The second-order valence-corrected chi connectivity index (χ2v) is 7.10. The van der Waals surface area contributed by atoms with Crippen LogP contribution in [-0.2, 0) is 5.41 Å². The second kappa shape index (κ2) is 6.68. The minimum Gasteiger partial charge on any atom is -0.339 e. The van der Waals surface area contributed by atoms with E-state index < -0.39 is 15.3 Å². The molecule has 0 amide bonds. The van der Waals surface area contributed by atoms with Crippen LogP contribution in [0, 0.1) is 20.2 Å². The first-order valence-electron chi connectivity index (χ1n) is 7.49. The van der Waals surface area contributed by atoms with E-state index >= 15 is 0 Å². The zero-order valence-electron chi connectivity index (χ0n) is 14.3. The van der Waals surface area contributed by atoms with Crippen LogP contribution in [-0.4, -0.2) is 16.9 Å². The van der Waals surface area contributed by atoms with Crippen molar-refractivity contribution in [3.63, 3.8) is 0 Å². The zero-order chi connectivity index (χ0) is 18.9. The number of benzene rings is 2. The average Bonchev–Trinajstić information content (AvgIpc) is 2.51. The number of anilines is 2. The highest BCUT2D eigenvalue weighted by Gasteiger charge is 2.32. The normalized spacial score (nSPS) is 11.2. The number of nitro groups is 2. The van der Waals surface area contributed by atoms with Crippen molar-refractivity contribution in [2.24, 2.45) is 0 Å². The minimum atomic E-state index is -0.620. The molecule has 0 aliphatic rings. The van der Waals surface area contributed by atoms with Gasteiger partial charge in [0.2, 0.25) is 0 Å². The number of hydrogen-bond acceptors (Lipinski definition) is 5. The van der Waals surface area contributed by atoms with Gasteiger partial charge in [0.25, 0.3) is 11.4 Å². The minimum absolute atomic E-state index is 0.306. The Morgan fingerprint density at radius 3 is 2.16 bits per heavy atom. The summed E-state index contributed by atoms with van der Waals surface area (Å²) in [5.41, 5.74) is 0.302. The largest absolute Gasteiger partial charge is 0.339 e. The molecule has 0 spiro atoms. The van der Waals surface area contributed by atoms with Gasteiger partial charge in [-0.15, -0.1) is 0 Å². The lowest BCUT2D eigenvalue weighted by Gasteiger charge is -2.28. The van der Waals surface area contributed by atoms with Crippen LogP contribution in [0.25, 0.3) is 0 Å². The molecule has 132 valence electrons. The highest BCUT2D eigenvalue weighted by Crippen LogP contribution is 2.44. The third kappa shape index (κ3) is 3.88. The molecule has 0 radical (unpaired) electrons. The average molecular weight is 364 g/mol. The van der Waals surface area contributed by atoms with Crippen molar-refractivity contribution in [2.75, 3.05) is 11.9 Å². The van der Waals surface area contributed by atoms with E-state index in [0.717, 1.165) is 6.07 Å². The maximum Gasteiger partial charge on any atom is 0.300 e. The van der Waals surface area contributed by atoms with Crippen molar-refractivity contribution >= 4 is 34.4 Å². The molecule has 0 aliphatic heterocycles. The molecule has 25 heavy (non-hydrogen) atoms. The fraction of sp³-hybridized carbons (Fsp3) is 0.294. The highest BCUT2D eigenvalue weighted by molar-refractivity contribution is 6.30. The second-order valence-electron chi connectivity index (χ2n) is 6.66. The predicted octanol–water partition coefficient (Wildman–Crippen LogP) is 5.22. The fourth-order valence-electron chi connectivity index (χ4n) is 2.59. The van der Waals surface area contributed by atoms with Crippen LogP contribution in [0.2, 0.25) is 5.02 Å². The quantitative estimate of drug-likeness (QED) is 0.548. The van der Waals surface area contributed by atoms with Crippen molar-refractivity contribution in [1.29, 1.82) is 0 Å². The summed E-state index contributed by atoms with van der Waals surface area (Å²) in [5, 5.41) is 23.3. The lowest BCUT2D eigenvalue weighted by molar-refractivity contribution is -0.393. The van der Waals surface area contributed by atoms with Gasteiger partial charge in [-0.25, -0.2) is 0 Å². The van der Waals surface area contributed by atoms with Crippen LogP contribution in [0.4, 0.5) is 22.7 Å². The molecule has 2 rings (SSSR count). The summed E-state index contributed by atoms with van der Waals surface area (Å²) in [6, 6.07) is 9.27. The summed E-state index contributed by atoms with van der Waals surface area (Å²) < 4.78 is 0. The maximum atomic E-state index is 11.6. The topological polar surface area (TPSA) is 89.5 Å². The number of non-ortho nitro benzene ring substituents is 1. The molecular formula is C17H18ClN3O4. The number of nitro benzene ring substituents is 2. The van der Waals surface area contributed by atoms with Gasteiger partial charge in [0, 0.05) is 23.8 Å². The molecule has 0 N–H and O–H groups in total. The van der Waals surface area contributed by atoms with E-state index in [9.17, 15) is 20.2 Å². The summed E-state index contributed by atoms with van der Waals surface area (Å²) >= 11 is 6.03. The van der Waals surface area contributed by atoms with E-state index in [-0.39, 0.29) is 11.4 Å². The van der Waals surface area contributed by atoms with E-state index in [0.29, 0.717) is 22.0 Å². The smallest absolute Gasteiger partial charge is 0.300 e. The Morgan fingerprint density at radius 1 is 1.04 bits per heavy atom. The van der Waals surface area contributed by atoms with Crippen LogP contribution in [0.5, 0.6) is 0 Å². The van der Waals surface area contributed by atoms with Gasteiger partial charge >= 0.3 is 0 Å².